The highest BCUT2D eigenvalue weighted by Crippen LogP contribution is 2.34. The fourth-order valence-electron chi connectivity index (χ4n) is 3.64. The molecule has 0 aliphatic carbocycles. The smallest absolute Gasteiger partial charge is 0.150 e. The van der Waals surface area contributed by atoms with E-state index in [4.69, 9.17) is 37.8 Å². The third-order valence-corrected chi connectivity index (χ3v) is 5.60. The van der Waals surface area contributed by atoms with E-state index in [1.165, 1.54) is 0 Å². The summed E-state index contributed by atoms with van der Waals surface area (Å²) >= 11 is 12.5. The summed E-state index contributed by atoms with van der Waals surface area (Å²) in [7, 11) is 1.73. The highest BCUT2D eigenvalue weighted by atomic mass is 35.5. The molecule has 1 aliphatic rings. The lowest BCUT2D eigenvalue weighted by atomic mass is 10.1. The van der Waals surface area contributed by atoms with Crippen molar-refractivity contribution in [1.29, 1.82) is 0 Å². The van der Waals surface area contributed by atoms with Crippen molar-refractivity contribution in [1.82, 2.24) is 14.8 Å². The molecule has 3 heterocycles. The third kappa shape index (κ3) is 4.10. The number of aromatic nitrogens is 3. The summed E-state index contributed by atoms with van der Waals surface area (Å²) in [5.74, 6) is 0.698. The summed E-state index contributed by atoms with van der Waals surface area (Å²) in [5, 5.41) is 6.66. The first-order chi connectivity index (χ1) is 14.1. The SMILES string of the molecule is CN=Cc1nn(C2CCCCO2)c2ccc(OC(C)c3c(Cl)cncc3Cl)cc12. The van der Waals surface area contributed by atoms with Crippen molar-refractivity contribution >= 4 is 40.3 Å². The molecule has 1 saturated heterocycles. The molecule has 0 radical (unpaired) electrons. The first-order valence-corrected chi connectivity index (χ1v) is 10.4. The standard InChI is InChI=1S/C21H22Cl2N4O2/c1-13(21-16(22)10-25-11-17(21)23)29-14-6-7-19-15(9-14)18(12-24-2)26-27(19)20-5-3-4-8-28-20/h6-7,9-13,20H,3-5,8H2,1-2H3. The summed E-state index contributed by atoms with van der Waals surface area (Å²) in [6, 6.07) is 5.90. The quantitative estimate of drug-likeness (QED) is 0.490. The van der Waals surface area contributed by atoms with Crippen molar-refractivity contribution in [3.8, 4) is 5.75 Å². The Morgan fingerprint density at radius 2 is 2.07 bits per heavy atom. The van der Waals surface area contributed by atoms with Crippen LogP contribution in [0.3, 0.4) is 0 Å². The molecule has 0 bridgehead atoms. The van der Waals surface area contributed by atoms with E-state index in [1.807, 2.05) is 29.8 Å². The second-order valence-corrected chi connectivity index (χ2v) is 7.81. The van der Waals surface area contributed by atoms with Gasteiger partial charge in [-0.3, -0.25) is 9.98 Å². The van der Waals surface area contributed by atoms with Crippen LogP contribution in [0.15, 0.2) is 35.6 Å². The van der Waals surface area contributed by atoms with Gasteiger partial charge in [0.15, 0.2) is 6.23 Å². The molecular weight excluding hydrogens is 411 g/mol. The highest BCUT2D eigenvalue weighted by molar-refractivity contribution is 6.35. The fourth-order valence-corrected chi connectivity index (χ4v) is 4.32. The van der Waals surface area contributed by atoms with Crippen LogP contribution >= 0.6 is 23.2 Å². The number of rotatable bonds is 5. The molecule has 1 aliphatic heterocycles. The van der Waals surface area contributed by atoms with Gasteiger partial charge in [0, 0.05) is 43.2 Å². The number of benzene rings is 1. The number of fused-ring (bicyclic) bond motifs is 1. The summed E-state index contributed by atoms with van der Waals surface area (Å²) in [6.45, 7) is 2.67. The number of nitrogens with zero attached hydrogens (tertiary/aromatic N) is 4. The van der Waals surface area contributed by atoms with Gasteiger partial charge in [-0.2, -0.15) is 5.10 Å². The van der Waals surface area contributed by atoms with Gasteiger partial charge in [-0.15, -0.1) is 0 Å². The minimum atomic E-state index is -0.338. The van der Waals surface area contributed by atoms with Crippen molar-refractivity contribution in [3.05, 3.63) is 51.9 Å². The largest absolute Gasteiger partial charge is 0.486 e. The van der Waals surface area contributed by atoms with Crippen LogP contribution in [-0.2, 0) is 4.74 Å². The van der Waals surface area contributed by atoms with Crippen LogP contribution in [0.25, 0.3) is 10.9 Å². The van der Waals surface area contributed by atoms with Gasteiger partial charge >= 0.3 is 0 Å². The zero-order valence-electron chi connectivity index (χ0n) is 16.3. The normalized spacial score (nSPS) is 18.4. The number of aliphatic imine (C=N–C) groups is 1. The van der Waals surface area contributed by atoms with Crippen LogP contribution in [-0.4, -0.2) is 34.6 Å². The zero-order chi connectivity index (χ0) is 20.4. The Morgan fingerprint density at radius 1 is 1.28 bits per heavy atom. The number of halogens is 2. The Labute approximate surface area is 179 Å². The van der Waals surface area contributed by atoms with E-state index in [-0.39, 0.29) is 12.3 Å². The molecule has 2 atom stereocenters. The molecule has 0 spiro atoms. The van der Waals surface area contributed by atoms with Crippen LogP contribution < -0.4 is 4.74 Å². The number of hydrogen-bond acceptors (Lipinski definition) is 5. The summed E-state index contributed by atoms with van der Waals surface area (Å²) in [6.07, 6.45) is 7.68. The van der Waals surface area contributed by atoms with Gasteiger partial charge in [0.25, 0.3) is 0 Å². The second-order valence-electron chi connectivity index (χ2n) is 6.99. The fraction of sp³-hybridized carbons (Fsp3) is 0.381. The zero-order valence-corrected chi connectivity index (χ0v) is 17.8. The first kappa shape index (κ1) is 20.1. The van der Waals surface area contributed by atoms with Gasteiger partial charge in [-0.05, 0) is 44.4 Å². The first-order valence-electron chi connectivity index (χ1n) is 9.60. The molecule has 3 aromatic rings. The van der Waals surface area contributed by atoms with Crippen molar-refractivity contribution in [3.63, 3.8) is 0 Å². The van der Waals surface area contributed by atoms with Crippen LogP contribution in [0.4, 0.5) is 0 Å². The maximum absolute atomic E-state index is 6.27. The Kier molecular flexibility index (Phi) is 6.04. The second kappa shape index (κ2) is 8.69. The van der Waals surface area contributed by atoms with Crippen LogP contribution in [0, 0.1) is 0 Å². The predicted molar refractivity (Wildman–Crippen MR) is 115 cm³/mol. The van der Waals surface area contributed by atoms with Crippen molar-refractivity contribution < 1.29 is 9.47 Å². The lowest BCUT2D eigenvalue weighted by Gasteiger charge is -2.23. The van der Waals surface area contributed by atoms with E-state index < -0.39 is 0 Å². The van der Waals surface area contributed by atoms with E-state index in [0.29, 0.717) is 21.4 Å². The number of pyridine rings is 1. The van der Waals surface area contributed by atoms with Crippen molar-refractivity contribution in [2.75, 3.05) is 13.7 Å². The molecule has 8 heteroatoms. The summed E-state index contributed by atoms with van der Waals surface area (Å²) in [4.78, 5) is 8.15. The van der Waals surface area contributed by atoms with Crippen molar-refractivity contribution in [2.45, 2.75) is 38.5 Å². The molecule has 2 unspecified atom stereocenters. The van der Waals surface area contributed by atoms with Gasteiger partial charge in [-0.25, -0.2) is 4.68 Å². The molecule has 0 saturated carbocycles. The van der Waals surface area contributed by atoms with Gasteiger partial charge in [0.1, 0.15) is 17.5 Å². The molecule has 2 aromatic heterocycles. The van der Waals surface area contributed by atoms with E-state index in [0.717, 1.165) is 42.5 Å². The molecule has 152 valence electrons. The number of hydrogen-bond donors (Lipinski definition) is 0. The maximum atomic E-state index is 6.27. The molecule has 4 rings (SSSR count). The van der Waals surface area contributed by atoms with Crippen LogP contribution in [0.1, 0.15) is 49.8 Å². The lowest BCUT2D eigenvalue weighted by molar-refractivity contribution is -0.0367. The van der Waals surface area contributed by atoms with Gasteiger partial charge in [-0.1, -0.05) is 23.2 Å². The summed E-state index contributed by atoms with van der Waals surface area (Å²) < 4.78 is 14.0. The average Bonchev–Trinajstić information content (AvgIpc) is 3.07. The van der Waals surface area contributed by atoms with Gasteiger partial charge in [0.2, 0.25) is 0 Å². The number of ether oxygens (including phenoxy) is 2. The van der Waals surface area contributed by atoms with E-state index in [9.17, 15) is 0 Å². The Hall–Kier alpha value is -2.15. The highest BCUT2D eigenvalue weighted by Gasteiger charge is 2.22. The Bertz CT molecular complexity index is 1020. The molecular formula is C21H22Cl2N4O2. The van der Waals surface area contributed by atoms with E-state index >= 15 is 0 Å². The Morgan fingerprint density at radius 3 is 2.76 bits per heavy atom. The maximum Gasteiger partial charge on any atom is 0.150 e. The average molecular weight is 433 g/mol. The van der Waals surface area contributed by atoms with E-state index in [1.54, 1.807) is 25.7 Å². The van der Waals surface area contributed by atoms with Crippen LogP contribution in [0.2, 0.25) is 10.0 Å². The molecule has 0 N–H and O–H groups in total. The van der Waals surface area contributed by atoms with Gasteiger partial charge in [0.05, 0.1) is 15.6 Å². The molecule has 0 amide bonds. The molecule has 1 aromatic carbocycles. The Balaban J connectivity index is 1.69. The topological polar surface area (TPSA) is 61.5 Å². The predicted octanol–water partition coefficient (Wildman–Crippen LogP) is 5.63. The van der Waals surface area contributed by atoms with Crippen molar-refractivity contribution in [2.24, 2.45) is 4.99 Å². The lowest BCUT2D eigenvalue weighted by Crippen LogP contribution is -2.19. The monoisotopic (exact) mass is 432 g/mol. The van der Waals surface area contributed by atoms with Gasteiger partial charge < -0.3 is 9.47 Å². The molecule has 29 heavy (non-hydrogen) atoms. The summed E-state index contributed by atoms with van der Waals surface area (Å²) in [5.41, 5.74) is 2.49. The van der Waals surface area contributed by atoms with Crippen LogP contribution in [0.5, 0.6) is 5.75 Å². The third-order valence-electron chi connectivity index (χ3n) is 5.00. The molecule has 6 nitrogen and oxygen atoms in total. The van der Waals surface area contributed by atoms with E-state index in [2.05, 4.69) is 9.98 Å². The minimum absolute atomic E-state index is 0.0506. The molecule has 1 fully saturated rings. The minimum Gasteiger partial charge on any atom is -0.486 e.